The first-order valence-corrected chi connectivity index (χ1v) is 7.58. The number of ketones is 1. The number of aromatic nitrogens is 2. The second-order valence-corrected chi connectivity index (χ2v) is 5.43. The van der Waals surface area contributed by atoms with Crippen LogP contribution in [-0.4, -0.2) is 21.1 Å². The molecule has 3 rings (SSSR count). The van der Waals surface area contributed by atoms with Crippen LogP contribution < -0.4 is 5.32 Å². The van der Waals surface area contributed by atoms with Crippen LogP contribution in [0.2, 0.25) is 0 Å². The molecule has 1 amide bonds. The Morgan fingerprint density at radius 1 is 1.25 bits per heavy atom. The maximum atomic E-state index is 13.5. The third-order valence-electron chi connectivity index (χ3n) is 3.73. The van der Waals surface area contributed by atoms with Gasteiger partial charge in [0, 0.05) is 17.4 Å². The van der Waals surface area contributed by atoms with Gasteiger partial charge < -0.3 is 5.32 Å². The van der Waals surface area contributed by atoms with Gasteiger partial charge in [0.15, 0.2) is 5.78 Å². The molecule has 2 aromatic heterocycles. The van der Waals surface area contributed by atoms with E-state index in [-0.39, 0.29) is 5.78 Å². The molecule has 122 valence electrons. The van der Waals surface area contributed by atoms with Crippen molar-refractivity contribution in [1.82, 2.24) is 9.38 Å². The van der Waals surface area contributed by atoms with Gasteiger partial charge in [-0.15, -0.1) is 0 Å². The highest BCUT2D eigenvalue weighted by Gasteiger charge is 2.19. The third-order valence-corrected chi connectivity index (χ3v) is 3.73. The Morgan fingerprint density at radius 3 is 2.75 bits per heavy atom. The summed E-state index contributed by atoms with van der Waals surface area (Å²) in [5.41, 5.74) is 2.39. The van der Waals surface area contributed by atoms with Gasteiger partial charge in [-0.3, -0.25) is 14.0 Å². The summed E-state index contributed by atoms with van der Waals surface area (Å²) in [6.07, 6.45) is 1.78. The minimum absolute atomic E-state index is 0.0859. The van der Waals surface area contributed by atoms with Crippen molar-refractivity contribution in [3.8, 4) is 0 Å². The number of carbonyl (C=O) groups excluding carboxylic acids is 2. The predicted octanol–water partition coefficient (Wildman–Crippen LogP) is 3.49. The van der Waals surface area contributed by atoms with Crippen LogP contribution in [-0.2, 0) is 6.42 Å². The highest BCUT2D eigenvalue weighted by molar-refractivity contribution is 6.05. The van der Waals surface area contributed by atoms with Crippen LogP contribution in [0, 0.1) is 5.82 Å². The van der Waals surface area contributed by atoms with E-state index < -0.39 is 11.7 Å². The number of hydrogen-bond donors (Lipinski definition) is 1. The fourth-order valence-electron chi connectivity index (χ4n) is 2.56. The second-order valence-electron chi connectivity index (χ2n) is 5.43. The lowest BCUT2D eigenvalue weighted by atomic mass is 10.1. The number of halogens is 1. The zero-order chi connectivity index (χ0) is 17.3. The summed E-state index contributed by atoms with van der Waals surface area (Å²) < 4.78 is 15.0. The summed E-state index contributed by atoms with van der Waals surface area (Å²) >= 11 is 0. The molecule has 0 unspecified atom stereocenters. The summed E-state index contributed by atoms with van der Waals surface area (Å²) in [7, 11) is 0. The summed E-state index contributed by atoms with van der Waals surface area (Å²) in [4.78, 5) is 28.5. The Balaban J connectivity index is 2.01. The number of rotatable bonds is 4. The number of hydrogen-bond acceptors (Lipinski definition) is 3. The molecule has 0 fully saturated rings. The number of amides is 1. The highest BCUT2D eigenvalue weighted by Crippen LogP contribution is 2.18. The van der Waals surface area contributed by atoms with E-state index in [1.807, 2.05) is 6.92 Å². The van der Waals surface area contributed by atoms with Crippen molar-refractivity contribution in [2.24, 2.45) is 0 Å². The first-order chi connectivity index (χ1) is 11.5. The van der Waals surface area contributed by atoms with Crippen molar-refractivity contribution in [2.75, 3.05) is 5.32 Å². The van der Waals surface area contributed by atoms with Gasteiger partial charge in [0.1, 0.15) is 17.2 Å². The van der Waals surface area contributed by atoms with E-state index in [9.17, 15) is 14.0 Å². The predicted molar refractivity (Wildman–Crippen MR) is 88.9 cm³/mol. The molecule has 1 N–H and O–H groups in total. The molecule has 0 saturated heterocycles. The van der Waals surface area contributed by atoms with E-state index in [4.69, 9.17) is 0 Å². The van der Waals surface area contributed by atoms with E-state index in [2.05, 4.69) is 10.3 Å². The van der Waals surface area contributed by atoms with E-state index >= 15 is 0 Å². The number of imidazole rings is 1. The lowest BCUT2D eigenvalue weighted by Gasteiger charge is -2.08. The Morgan fingerprint density at radius 2 is 2.04 bits per heavy atom. The van der Waals surface area contributed by atoms with Crippen molar-refractivity contribution in [3.05, 3.63) is 65.4 Å². The van der Waals surface area contributed by atoms with Crippen LogP contribution in [0.4, 0.5) is 10.1 Å². The molecule has 5 nitrogen and oxygen atoms in total. The number of benzene rings is 1. The van der Waals surface area contributed by atoms with Gasteiger partial charge in [-0.1, -0.05) is 19.1 Å². The molecule has 0 bridgehead atoms. The number of nitrogens with one attached hydrogen (secondary N) is 1. The standard InChI is InChI=1S/C18H16FN3O2/c1-3-15-17(22-10-13(19)7-8-16(22)21-15)18(24)20-14-6-4-5-12(9-14)11(2)23/h4-10H,3H2,1-2H3,(H,20,24). The average molecular weight is 325 g/mol. The average Bonchev–Trinajstić information content (AvgIpc) is 2.92. The summed E-state index contributed by atoms with van der Waals surface area (Å²) in [6.45, 7) is 3.34. The number of aryl methyl sites for hydroxylation is 1. The van der Waals surface area contributed by atoms with Crippen LogP contribution in [0.15, 0.2) is 42.6 Å². The largest absolute Gasteiger partial charge is 0.321 e. The molecule has 0 radical (unpaired) electrons. The second kappa shape index (κ2) is 6.23. The van der Waals surface area contributed by atoms with Crippen LogP contribution >= 0.6 is 0 Å². The van der Waals surface area contributed by atoms with Gasteiger partial charge in [-0.2, -0.15) is 0 Å². The number of nitrogens with zero attached hydrogens (tertiary/aromatic N) is 2. The number of anilines is 1. The van der Waals surface area contributed by atoms with Gasteiger partial charge in [0.05, 0.1) is 5.69 Å². The molecular weight excluding hydrogens is 309 g/mol. The zero-order valence-electron chi connectivity index (χ0n) is 13.3. The van der Waals surface area contributed by atoms with E-state index in [1.165, 1.54) is 29.7 Å². The fourth-order valence-corrected chi connectivity index (χ4v) is 2.56. The number of carbonyl (C=O) groups is 2. The minimum atomic E-state index is -0.449. The molecular formula is C18H16FN3O2. The van der Waals surface area contributed by atoms with Gasteiger partial charge in [-0.05, 0) is 37.6 Å². The Hall–Kier alpha value is -3.02. The van der Waals surface area contributed by atoms with Gasteiger partial charge in [-0.25, -0.2) is 9.37 Å². The minimum Gasteiger partial charge on any atom is -0.321 e. The molecule has 0 saturated carbocycles. The smallest absolute Gasteiger partial charge is 0.274 e. The van der Waals surface area contributed by atoms with E-state index in [1.54, 1.807) is 24.3 Å². The number of Topliss-reactive ketones (excluding diaryl/α,β-unsaturated/α-hetero) is 1. The lowest BCUT2D eigenvalue weighted by molar-refractivity contribution is 0.100. The Kier molecular flexibility index (Phi) is 4.12. The van der Waals surface area contributed by atoms with Crippen molar-refractivity contribution in [2.45, 2.75) is 20.3 Å². The number of fused-ring (bicyclic) bond motifs is 1. The summed E-state index contributed by atoms with van der Waals surface area (Å²) in [5, 5.41) is 2.75. The van der Waals surface area contributed by atoms with E-state index in [0.29, 0.717) is 34.7 Å². The molecule has 0 aliphatic carbocycles. The van der Waals surface area contributed by atoms with Crippen LogP contribution in [0.5, 0.6) is 0 Å². The zero-order valence-corrected chi connectivity index (χ0v) is 13.3. The molecule has 0 aliphatic rings. The summed E-state index contributed by atoms with van der Waals surface area (Å²) in [5.74, 6) is -0.932. The van der Waals surface area contributed by atoms with Crippen molar-refractivity contribution in [1.29, 1.82) is 0 Å². The number of pyridine rings is 1. The van der Waals surface area contributed by atoms with Crippen LogP contribution in [0.3, 0.4) is 0 Å². The highest BCUT2D eigenvalue weighted by atomic mass is 19.1. The molecule has 24 heavy (non-hydrogen) atoms. The van der Waals surface area contributed by atoms with Gasteiger partial charge in [0.2, 0.25) is 0 Å². The van der Waals surface area contributed by atoms with Gasteiger partial charge in [0.25, 0.3) is 5.91 Å². The van der Waals surface area contributed by atoms with Gasteiger partial charge >= 0.3 is 0 Å². The van der Waals surface area contributed by atoms with E-state index in [0.717, 1.165) is 0 Å². The Labute approximate surface area is 138 Å². The summed E-state index contributed by atoms with van der Waals surface area (Å²) in [6, 6.07) is 9.51. The molecule has 0 atom stereocenters. The van der Waals surface area contributed by atoms with Crippen molar-refractivity contribution < 1.29 is 14.0 Å². The first-order valence-electron chi connectivity index (χ1n) is 7.58. The molecule has 0 aliphatic heterocycles. The topological polar surface area (TPSA) is 63.5 Å². The molecule has 1 aromatic carbocycles. The fraction of sp³-hybridized carbons (Fsp3) is 0.167. The van der Waals surface area contributed by atoms with Crippen LogP contribution in [0.1, 0.15) is 40.4 Å². The van der Waals surface area contributed by atoms with Crippen molar-refractivity contribution in [3.63, 3.8) is 0 Å². The monoisotopic (exact) mass is 325 g/mol. The molecule has 2 heterocycles. The Bertz CT molecular complexity index is 947. The molecule has 0 spiro atoms. The lowest BCUT2D eigenvalue weighted by Crippen LogP contribution is -2.16. The SMILES string of the molecule is CCc1nc2ccc(F)cn2c1C(=O)Nc1cccc(C(C)=O)c1. The van der Waals surface area contributed by atoms with Crippen LogP contribution in [0.25, 0.3) is 5.65 Å². The quantitative estimate of drug-likeness (QED) is 0.747. The third kappa shape index (κ3) is 2.90. The molecule has 6 heteroatoms. The first kappa shape index (κ1) is 15.9. The van der Waals surface area contributed by atoms with Crippen molar-refractivity contribution >= 4 is 23.0 Å². The maximum Gasteiger partial charge on any atom is 0.274 e. The molecule has 3 aromatic rings. The normalized spacial score (nSPS) is 10.8. The maximum absolute atomic E-state index is 13.5.